The van der Waals surface area contributed by atoms with Gasteiger partial charge in [0.25, 0.3) is 5.56 Å². The SMILES string of the molecule is C[C@H](NCc1nc2scc(-c3ccccc3)c2c(=O)[nH]1)c1ccc(Cl)cc1. The second kappa shape index (κ2) is 7.64. The third kappa shape index (κ3) is 3.81. The molecule has 0 saturated carbocycles. The fourth-order valence-electron chi connectivity index (χ4n) is 3.03. The van der Waals surface area contributed by atoms with Crippen molar-refractivity contribution in [3.8, 4) is 11.1 Å². The smallest absolute Gasteiger partial charge is 0.260 e. The van der Waals surface area contributed by atoms with Gasteiger partial charge in [-0.3, -0.25) is 4.79 Å². The number of thiophene rings is 1. The third-order valence-electron chi connectivity index (χ3n) is 4.52. The zero-order valence-corrected chi connectivity index (χ0v) is 16.3. The number of fused-ring (bicyclic) bond motifs is 1. The van der Waals surface area contributed by atoms with Crippen molar-refractivity contribution in [1.82, 2.24) is 15.3 Å². The molecule has 0 unspecified atom stereocenters. The van der Waals surface area contributed by atoms with Gasteiger partial charge in [-0.25, -0.2) is 4.98 Å². The first-order valence-electron chi connectivity index (χ1n) is 8.66. The Bertz CT molecular complexity index is 1120. The molecule has 136 valence electrons. The Labute approximate surface area is 165 Å². The Morgan fingerprint density at radius 3 is 2.63 bits per heavy atom. The van der Waals surface area contributed by atoms with E-state index < -0.39 is 0 Å². The van der Waals surface area contributed by atoms with E-state index in [2.05, 4.69) is 22.2 Å². The van der Waals surface area contributed by atoms with Gasteiger partial charge in [0.1, 0.15) is 10.7 Å². The molecule has 4 rings (SSSR count). The summed E-state index contributed by atoms with van der Waals surface area (Å²) >= 11 is 7.44. The van der Waals surface area contributed by atoms with Crippen LogP contribution in [0.5, 0.6) is 0 Å². The maximum atomic E-state index is 12.7. The molecule has 2 heterocycles. The van der Waals surface area contributed by atoms with Crippen LogP contribution in [0.1, 0.15) is 24.4 Å². The van der Waals surface area contributed by atoms with Gasteiger partial charge in [0.15, 0.2) is 0 Å². The number of hydrogen-bond acceptors (Lipinski definition) is 4. The first-order valence-corrected chi connectivity index (χ1v) is 9.92. The van der Waals surface area contributed by atoms with Gasteiger partial charge in [0.2, 0.25) is 0 Å². The van der Waals surface area contributed by atoms with E-state index in [1.54, 1.807) is 0 Å². The Hall–Kier alpha value is -2.47. The average molecular weight is 396 g/mol. The Morgan fingerprint density at radius 1 is 1.15 bits per heavy atom. The third-order valence-corrected chi connectivity index (χ3v) is 5.65. The lowest BCUT2D eigenvalue weighted by Crippen LogP contribution is -2.22. The van der Waals surface area contributed by atoms with Crippen LogP contribution < -0.4 is 10.9 Å². The van der Waals surface area contributed by atoms with Crippen molar-refractivity contribution >= 4 is 33.2 Å². The number of benzene rings is 2. The quantitative estimate of drug-likeness (QED) is 0.491. The molecule has 0 aliphatic heterocycles. The number of hydrogen-bond donors (Lipinski definition) is 2. The van der Waals surface area contributed by atoms with Gasteiger partial charge in [-0.2, -0.15) is 0 Å². The standard InChI is InChI=1S/C21H18ClN3OS/c1-13(14-7-9-16(22)10-8-14)23-11-18-24-20(26)19-17(12-27-21(19)25-18)15-5-3-2-4-6-15/h2-10,12-13,23H,11H2,1H3,(H,24,25,26)/t13-/m0/s1. The van der Waals surface area contributed by atoms with Gasteiger partial charge >= 0.3 is 0 Å². The minimum absolute atomic E-state index is 0.101. The predicted molar refractivity (Wildman–Crippen MR) is 112 cm³/mol. The molecule has 2 N–H and O–H groups in total. The van der Waals surface area contributed by atoms with Gasteiger partial charge in [-0.05, 0) is 30.2 Å². The minimum Gasteiger partial charge on any atom is -0.309 e. The summed E-state index contributed by atoms with van der Waals surface area (Å²) in [6.45, 7) is 2.55. The fourth-order valence-corrected chi connectivity index (χ4v) is 4.12. The van der Waals surface area contributed by atoms with Crippen molar-refractivity contribution in [2.45, 2.75) is 19.5 Å². The molecule has 0 spiro atoms. The van der Waals surface area contributed by atoms with Gasteiger partial charge in [0.05, 0.1) is 11.9 Å². The molecule has 27 heavy (non-hydrogen) atoms. The van der Waals surface area contributed by atoms with E-state index in [0.29, 0.717) is 22.8 Å². The zero-order valence-electron chi connectivity index (χ0n) is 14.7. The second-order valence-electron chi connectivity index (χ2n) is 6.36. The molecule has 2 aromatic carbocycles. The maximum absolute atomic E-state index is 12.7. The summed E-state index contributed by atoms with van der Waals surface area (Å²) in [5.74, 6) is 0.634. The largest absolute Gasteiger partial charge is 0.309 e. The summed E-state index contributed by atoms with van der Waals surface area (Å²) < 4.78 is 0. The molecule has 1 atom stereocenters. The van der Waals surface area contributed by atoms with Crippen molar-refractivity contribution in [3.05, 3.63) is 86.7 Å². The molecular weight excluding hydrogens is 378 g/mol. The van der Waals surface area contributed by atoms with Crippen molar-refractivity contribution in [3.63, 3.8) is 0 Å². The van der Waals surface area contributed by atoms with Crippen LogP contribution in [0.25, 0.3) is 21.3 Å². The zero-order chi connectivity index (χ0) is 18.8. The number of nitrogens with zero attached hydrogens (tertiary/aromatic N) is 1. The second-order valence-corrected chi connectivity index (χ2v) is 7.66. The van der Waals surface area contributed by atoms with Crippen molar-refractivity contribution < 1.29 is 0 Å². The van der Waals surface area contributed by atoms with Crippen molar-refractivity contribution in [1.29, 1.82) is 0 Å². The monoisotopic (exact) mass is 395 g/mol. The Balaban J connectivity index is 1.57. The highest BCUT2D eigenvalue weighted by atomic mass is 35.5. The summed E-state index contributed by atoms with van der Waals surface area (Å²) in [5.41, 5.74) is 2.98. The highest BCUT2D eigenvalue weighted by Gasteiger charge is 2.13. The molecule has 0 fully saturated rings. The van der Waals surface area contributed by atoms with Crippen molar-refractivity contribution in [2.75, 3.05) is 0 Å². The van der Waals surface area contributed by atoms with Gasteiger partial charge < -0.3 is 10.3 Å². The van der Waals surface area contributed by atoms with Gasteiger partial charge in [-0.1, -0.05) is 54.1 Å². The number of rotatable bonds is 5. The lowest BCUT2D eigenvalue weighted by atomic mass is 10.1. The normalized spacial score (nSPS) is 12.4. The molecule has 0 aliphatic rings. The maximum Gasteiger partial charge on any atom is 0.260 e. The van der Waals surface area contributed by atoms with E-state index in [1.165, 1.54) is 11.3 Å². The van der Waals surface area contributed by atoms with E-state index in [-0.39, 0.29) is 11.6 Å². The number of aromatic amines is 1. The van der Waals surface area contributed by atoms with E-state index >= 15 is 0 Å². The molecule has 0 radical (unpaired) electrons. The molecule has 0 aliphatic carbocycles. The molecule has 4 aromatic rings. The minimum atomic E-state index is -0.101. The van der Waals surface area contributed by atoms with Crippen molar-refractivity contribution in [2.24, 2.45) is 0 Å². The van der Waals surface area contributed by atoms with E-state index in [9.17, 15) is 4.79 Å². The molecule has 6 heteroatoms. The van der Waals surface area contributed by atoms with Crippen LogP contribution in [0.4, 0.5) is 0 Å². The van der Waals surface area contributed by atoms with Crippen LogP contribution in [-0.4, -0.2) is 9.97 Å². The molecule has 0 amide bonds. The number of halogens is 1. The molecular formula is C21H18ClN3OS. The number of H-pyrrole nitrogens is 1. The lowest BCUT2D eigenvalue weighted by molar-refractivity contribution is 0.559. The highest BCUT2D eigenvalue weighted by Crippen LogP contribution is 2.30. The van der Waals surface area contributed by atoms with Gasteiger partial charge in [-0.15, -0.1) is 11.3 Å². The van der Waals surface area contributed by atoms with Crippen LogP contribution in [0.15, 0.2) is 64.8 Å². The average Bonchev–Trinajstić information content (AvgIpc) is 3.12. The Kier molecular flexibility index (Phi) is 5.07. The fraction of sp³-hybridized carbons (Fsp3) is 0.143. The number of aromatic nitrogens is 2. The molecule has 0 saturated heterocycles. The summed E-state index contributed by atoms with van der Waals surface area (Å²) in [4.78, 5) is 21.0. The lowest BCUT2D eigenvalue weighted by Gasteiger charge is -2.14. The van der Waals surface area contributed by atoms with Crippen LogP contribution in [0.3, 0.4) is 0 Å². The van der Waals surface area contributed by atoms with Crippen LogP contribution in [0, 0.1) is 0 Å². The Morgan fingerprint density at radius 2 is 1.89 bits per heavy atom. The summed E-state index contributed by atoms with van der Waals surface area (Å²) in [7, 11) is 0. The highest BCUT2D eigenvalue weighted by molar-refractivity contribution is 7.17. The predicted octanol–water partition coefficient (Wildman–Crippen LogP) is 5.16. The van der Waals surface area contributed by atoms with Gasteiger partial charge in [0, 0.05) is 22.0 Å². The number of nitrogens with one attached hydrogen (secondary N) is 2. The van der Waals surface area contributed by atoms with E-state index in [4.69, 9.17) is 11.6 Å². The first-order chi connectivity index (χ1) is 13.1. The molecule has 2 aromatic heterocycles. The molecule has 4 nitrogen and oxygen atoms in total. The molecule has 0 bridgehead atoms. The summed E-state index contributed by atoms with van der Waals surface area (Å²) in [6, 6.07) is 17.8. The first kappa shape index (κ1) is 17.9. The summed E-state index contributed by atoms with van der Waals surface area (Å²) in [6.07, 6.45) is 0. The van der Waals surface area contributed by atoms with Crippen LogP contribution >= 0.6 is 22.9 Å². The topological polar surface area (TPSA) is 57.8 Å². The van der Waals surface area contributed by atoms with Crippen LogP contribution in [-0.2, 0) is 6.54 Å². The summed E-state index contributed by atoms with van der Waals surface area (Å²) in [5, 5.41) is 6.76. The van der Waals surface area contributed by atoms with E-state index in [0.717, 1.165) is 21.5 Å². The van der Waals surface area contributed by atoms with E-state index in [1.807, 2.05) is 60.0 Å². The van der Waals surface area contributed by atoms with Crippen LogP contribution in [0.2, 0.25) is 5.02 Å².